The van der Waals surface area contributed by atoms with Gasteiger partial charge in [0.25, 0.3) is 0 Å². The predicted octanol–water partition coefficient (Wildman–Crippen LogP) is 3.15. The van der Waals surface area contributed by atoms with Crippen LogP contribution < -0.4 is 5.73 Å². The summed E-state index contributed by atoms with van der Waals surface area (Å²) < 4.78 is 15.6. The van der Waals surface area contributed by atoms with Crippen LogP contribution in [-0.2, 0) is 0 Å². The van der Waals surface area contributed by atoms with Gasteiger partial charge in [-0.2, -0.15) is 0 Å². The number of nitrogens with two attached hydrogens (primary N) is 1. The van der Waals surface area contributed by atoms with E-state index in [1.807, 2.05) is 12.1 Å². The molecule has 0 aliphatic heterocycles. The number of nitrogens with zero attached hydrogens (tertiary/aromatic N) is 3. The van der Waals surface area contributed by atoms with Gasteiger partial charge in [0.1, 0.15) is 17.3 Å². The van der Waals surface area contributed by atoms with E-state index in [-0.39, 0.29) is 5.82 Å². The van der Waals surface area contributed by atoms with E-state index in [1.54, 1.807) is 12.1 Å². The fraction of sp³-hybridized carbons (Fsp3) is 0.200. The Labute approximate surface area is 115 Å². The first kappa shape index (κ1) is 11.4. The second-order valence-corrected chi connectivity index (χ2v) is 5.12. The van der Waals surface area contributed by atoms with Crippen LogP contribution in [0.2, 0.25) is 0 Å². The van der Waals surface area contributed by atoms with Crippen LogP contribution in [0.5, 0.6) is 0 Å². The maximum atomic E-state index is 13.5. The number of imidazole rings is 1. The van der Waals surface area contributed by atoms with Crippen LogP contribution in [0.1, 0.15) is 18.9 Å². The number of pyridine rings is 1. The van der Waals surface area contributed by atoms with Gasteiger partial charge in [-0.15, -0.1) is 0 Å². The first-order valence-electron chi connectivity index (χ1n) is 6.63. The third-order valence-electron chi connectivity index (χ3n) is 3.56. The van der Waals surface area contributed by atoms with Crippen molar-refractivity contribution in [3.05, 3.63) is 42.2 Å². The van der Waals surface area contributed by atoms with Gasteiger partial charge < -0.3 is 10.3 Å². The van der Waals surface area contributed by atoms with Gasteiger partial charge >= 0.3 is 0 Å². The lowest BCUT2D eigenvalue weighted by Gasteiger charge is -2.07. The average Bonchev–Trinajstić information content (AvgIpc) is 3.19. The van der Waals surface area contributed by atoms with Gasteiger partial charge in [-0.1, -0.05) is 6.07 Å². The molecular formula is C15H13FN4. The third-order valence-corrected chi connectivity index (χ3v) is 3.56. The molecule has 3 aromatic rings. The summed E-state index contributed by atoms with van der Waals surface area (Å²) in [4.78, 5) is 8.94. The molecule has 0 saturated heterocycles. The summed E-state index contributed by atoms with van der Waals surface area (Å²) in [5.74, 6) is 0.981. The quantitative estimate of drug-likeness (QED) is 0.776. The number of rotatable bonds is 2. The Morgan fingerprint density at radius 2 is 2.00 bits per heavy atom. The van der Waals surface area contributed by atoms with E-state index in [9.17, 15) is 4.39 Å². The SMILES string of the molecule is Nc1cccc(-c2nc3ccc(F)cc3n2C2CC2)n1. The Balaban J connectivity index is 2.01. The van der Waals surface area contributed by atoms with Crippen LogP contribution in [0, 0.1) is 5.82 Å². The minimum atomic E-state index is -0.244. The number of halogens is 1. The first-order chi connectivity index (χ1) is 9.72. The highest BCUT2D eigenvalue weighted by Crippen LogP contribution is 2.41. The summed E-state index contributed by atoms with van der Waals surface area (Å²) in [5.41, 5.74) is 8.09. The molecule has 0 bridgehead atoms. The smallest absolute Gasteiger partial charge is 0.160 e. The van der Waals surface area contributed by atoms with Crippen LogP contribution in [0.25, 0.3) is 22.6 Å². The highest BCUT2D eigenvalue weighted by Gasteiger charge is 2.29. The molecule has 4 rings (SSSR count). The Bertz CT molecular complexity index is 805. The summed E-state index contributed by atoms with van der Waals surface area (Å²) in [6, 6.07) is 10.5. The molecule has 100 valence electrons. The lowest BCUT2D eigenvalue weighted by atomic mass is 10.3. The van der Waals surface area contributed by atoms with Crippen LogP contribution in [-0.4, -0.2) is 14.5 Å². The molecule has 0 radical (unpaired) electrons. The largest absolute Gasteiger partial charge is 0.384 e. The molecule has 0 unspecified atom stereocenters. The molecule has 1 aromatic carbocycles. The summed E-state index contributed by atoms with van der Waals surface area (Å²) in [6.07, 6.45) is 2.19. The van der Waals surface area contributed by atoms with Gasteiger partial charge in [-0.3, -0.25) is 0 Å². The van der Waals surface area contributed by atoms with E-state index < -0.39 is 0 Å². The number of nitrogen functional groups attached to an aromatic ring is 1. The topological polar surface area (TPSA) is 56.7 Å². The number of fused-ring (bicyclic) bond motifs is 1. The highest BCUT2D eigenvalue weighted by atomic mass is 19.1. The van der Waals surface area contributed by atoms with Crippen molar-refractivity contribution in [3.63, 3.8) is 0 Å². The predicted molar refractivity (Wildman–Crippen MR) is 75.6 cm³/mol. The molecule has 20 heavy (non-hydrogen) atoms. The van der Waals surface area contributed by atoms with Gasteiger partial charge in [0.05, 0.1) is 11.0 Å². The number of hydrogen-bond donors (Lipinski definition) is 1. The van der Waals surface area contributed by atoms with Crippen molar-refractivity contribution in [1.82, 2.24) is 14.5 Å². The van der Waals surface area contributed by atoms with E-state index >= 15 is 0 Å². The molecule has 2 heterocycles. The Hall–Kier alpha value is -2.43. The number of hydrogen-bond acceptors (Lipinski definition) is 3. The van der Waals surface area contributed by atoms with Gasteiger partial charge in [0.15, 0.2) is 5.82 Å². The molecule has 0 spiro atoms. The fourth-order valence-corrected chi connectivity index (χ4v) is 2.53. The summed E-state index contributed by atoms with van der Waals surface area (Å²) in [6.45, 7) is 0. The molecule has 2 N–H and O–H groups in total. The van der Waals surface area contributed by atoms with Crippen molar-refractivity contribution in [3.8, 4) is 11.5 Å². The van der Waals surface area contributed by atoms with Gasteiger partial charge in [-0.05, 0) is 43.2 Å². The zero-order valence-corrected chi connectivity index (χ0v) is 10.8. The molecule has 2 aromatic heterocycles. The van der Waals surface area contributed by atoms with Crippen molar-refractivity contribution >= 4 is 16.9 Å². The van der Waals surface area contributed by atoms with Crippen LogP contribution >= 0.6 is 0 Å². The van der Waals surface area contributed by atoms with Gasteiger partial charge in [0, 0.05) is 6.04 Å². The van der Waals surface area contributed by atoms with E-state index in [0.29, 0.717) is 11.9 Å². The third kappa shape index (κ3) is 1.74. The molecule has 1 aliphatic rings. The zero-order chi connectivity index (χ0) is 13.7. The van der Waals surface area contributed by atoms with Gasteiger partial charge in [-0.25, -0.2) is 14.4 Å². The minimum Gasteiger partial charge on any atom is -0.384 e. The number of anilines is 1. The van der Waals surface area contributed by atoms with Crippen molar-refractivity contribution in [2.45, 2.75) is 18.9 Å². The van der Waals surface area contributed by atoms with Crippen LogP contribution in [0.3, 0.4) is 0 Å². The second-order valence-electron chi connectivity index (χ2n) is 5.12. The minimum absolute atomic E-state index is 0.244. The summed E-state index contributed by atoms with van der Waals surface area (Å²) in [7, 11) is 0. The highest BCUT2D eigenvalue weighted by molar-refractivity contribution is 5.80. The van der Waals surface area contributed by atoms with Crippen LogP contribution in [0.4, 0.5) is 10.2 Å². The lowest BCUT2D eigenvalue weighted by Crippen LogP contribution is -2.00. The van der Waals surface area contributed by atoms with Crippen LogP contribution in [0.15, 0.2) is 36.4 Å². The standard InChI is InChI=1S/C15H13FN4/c16-9-4-7-11-13(8-9)20(10-5-6-10)15(19-11)12-2-1-3-14(17)18-12/h1-4,7-8,10H,5-6H2,(H2,17,18). The molecular weight excluding hydrogens is 255 g/mol. The molecule has 1 aliphatic carbocycles. The van der Waals surface area contributed by atoms with E-state index in [0.717, 1.165) is 35.4 Å². The molecule has 5 heteroatoms. The van der Waals surface area contributed by atoms with Gasteiger partial charge in [0.2, 0.25) is 0 Å². The maximum absolute atomic E-state index is 13.5. The second kappa shape index (κ2) is 4.03. The monoisotopic (exact) mass is 268 g/mol. The lowest BCUT2D eigenvalue weighted by molar-refractivity contribution is 0.628. The first-order valence-corrected chi connectivity index (χ1v) is 6.63. The molecule has 0 atom stereocenters. The number of aromatic nitrogens is 3. The van der Waals surface area contributed by atoms with Crippen molar-refractivity contribution in [2.24, 2.45) is 0 Å². The number of benzene rings is 1. The van der Waals surface area contributed by atoms with E-state index in [4.69, 9.17) is 5.73 Å². The zero-order valence-electron chi connectivity index (χ0n) is 10.8. The fourth-order valence-electron chi connectivity index (χ4n) is 2.53. The Morgan fingerprint density at radius 3 is 2.75 bits per heavy atom. The summed E-state index contributed by atoms with van der Waals surface area (Å²) in [5, 5.41) is 0. The van der Waals surface area contributed by atoms with Crippen molar-refractivity contribution in [2.75, 3.05) is 5.73 Å². The average molecular weight is 268 g/mol. The normalized spacial score (nSPS) is 14.8. The molecule has 1 saturated carbocycles. The molecule has 0 amide bonds. The molecule has 4 nitrogen and oxygen atoms in total. The molecule has 1 fully saturated rings. The van der Waals surface area contributed by atoms with E-state index in [1.165, 1.54) is 12.1 Å². The maximum Gasteiger partial charge on any atom is 0.160 e. The summed E-state index contributed by atoms with van der Waals surface area (Å²) >= 11 is 0. The Kier molecular flexibility index (Phi) is 2.30. The van der Waals surface area contributed by atoms with Crippen molar-refractivity contribution < 1.29 is 4.39 Å². The Morgan fingerprint density at radius 1 is 1.15 bits per heavy atom. The van der Waals surface area contributed by atoms with Crippen molar-refractivity contribution in [1.29, 1.82) is 0 Å². The van der Waals surface area contributed by atoms with E-state index in [2.05, 4.69) is 14.5 Å².